The molecule has 2 aromatic rings. The summed E-state index contributed by atoms with van der Waals surface area (Å²) in [6.07, 6.45) is 3.80. The Morgan fingerprint density at radius 3 is 2.86 bits per heavy atom. The second kappa shape index (κ2) is 6.11. The largest absolute Gasteiger partial charge is 0.358 e. The van der Waals surface area contributed by atoms with Gasteiger partial charge < -0.3 is 9.88 Å². The molecule has 3 nitrogen and oxygen atoms in total. The van der Waals surface area contributed by atoms with E-state index in [1.54, 1.807) is 6.07 Å². The Bertz CT molecular complexity index is 688. The Hall–Kier alpha value is -1.84. The summed E-state index contributed by atoms with van der Waals surface area (Å²) in [5, 5.41) is 0.828. The summed E-state index contributed by atoms with van der Waals surface area (Å²) in [4.78, 5) is 17.9. The van der Waals surface area contributed by atoms with E-state index in [4.69, 9.17) is 0 Å². The fraction of sp³-hybridized carbons (Fsp3) is 0.500. The van der Waals surface area contributed by atoms with Crippen molar-refractivity contribution in [3.63, 3.8) is 0 Å². The van der Waals surface area contributed by atoms with Gasteiger partial charge in [0, 0.05) is 29.7 Å². The van der Waals surface area contributed by atoms with Crippen molar-refractivity contribution < 1.29 is 9.18 Å². The number of halogens is 1. The number of carbonyl (C=O) groups is 1. The van der Waals surface area contributed by atoms with E-state index in [1.807, 2.05) is 11.8 Å². The maximum atomic E-state index is 13.5. The predicted molar refractivity (Wildman–Crippen MR) is 86.3 cm³/mol. The third kappa shape index (κ3) is 3.16. The van der Waals surface area contributed by atoms with Crippen LogP contribution in [0.15, 0.2) is 18.2 Å². The van der Waals surface area contributed by atoms with Crippen molar-refractivity contribution in [2.45, 2.75) is 39.5 Å². The van der Waals surface area contributed by atoms with Crippen LogP contribution < -0.4 is 0 Å². The SMILES string of the molecule is CCCN(CC1CC1)C(=O)Cc1c(C)[nH]c2ccc(F)cc12. The number of nitrogens with one attached hydrogen (secondary N) is 1. The minimum Gasteiger partial charge on any atom is -0.358 e. The molecule has 0 atom stereocenters. The van der Waals surface area contributed by atoms with E-state index in [0.29, 0.717) is 12.3 Å². The number of benzene rings is 1. The zero-order valence-electron chi connectivity index (χ0n) is 13.3. The van der Waals surface area contributed by atoms with E-state index in [1.165, 1.54) is 25.0 Å². The lowest BCUT2D eigenvalue weighted by molar-refractivity contribution is -0.130. The first-order chi connectivity index (χ1) is 10.6. The number of hydrogen-bond acceptors (Lipinski definition) is 1. The predicted octanol–water partition coefficient (Wildman–Crippen LogP) is 3.81. The van der Waals surface area contributed by atoms with E-state index < -0.39 is 0 Å². The molecule has 0 radical (unpaired) electrons. The molecule has 1 amide bonds. The van der Waals surface area contributed by atoms with Crippen molar-refractivity contribution in [1.29, 1.82) is 0 Å². The van der Waals surface area contributed by atoms with Gasteiger partial charge >= 0.3 is 0 Å². The number of amides is 1. The number of nitrogens with zero attached hydrogens (tertiary/aromatic N) is 1. The first-order valence-corrected chi connectivity index (χ1v) is 8.13. The van der Waals surface area contributed by atoms with Crippen LogP contribution in [0.25, 0.3) is 10.9 Å². The molecule has 1 aromatic carbocycles. The van der Waals surface area contributed by atoms with Crippen LogP contribution in [0.2, 0.25) is 0 Å². The van der Waals surface area contributed by atoms with E-state index in [0.717, 1.165) is 41.7 Å². The zero-order valence-corrected chi connectivity index (χ0v) is 13.3. The van der Waals surface area contributed by atoms with E-state index in [-0.39, 0.29) is 11.7 Å². The van der Waals surface area contributed by atoms with Crippen molar-refractivity contribution in [2.75, 3.05) is 13.1 Å². The average molecular weight is 302 g/mol. The van der Waals surface area contributed by atoms with Gasteiger partial charge in [0.25, 0.3) is 0 Å². The minimum atomic E-state index is -0.261. The molecule has 118 valence electrons. The van der Waals surface area contributed by atoms with Crippen LogP contribution in [-0.4, -0.2) is 28.9 Å². The summed E-state index contributed by atoms with van der Waals surface area (Å²) in [6.45, 7) is 5.73. The van der Waals surface area contributed by atoms with Gasteiger partial charge in [-0.3, -0.25) is 4.79 Å². The van der Waals surface area contributed by atoms with Gasteiger partial charge in [-0.15, -0.1) is 0 Å². The summed E-state index contributed by atoms with van der Waals surface area (Å²) in [7, 11) is 0. The average Bonchev–Trinajstić information content (AvgIpc) is 3.25. The van der Waals surface area contributed by atoms with Crippen LogP contribution in [0.4, 0.5) is 4.39 Å². The van der Waals surface area contributed by atoms with E-state index in [2.05, 4.69) is 11.9 Å². The van der Waals surface area contributed by atoms with Crippen molar-refractivity contribution in [2.24, 2.45) is 5.92 Å². The molecule has 0 spiro atoms. The quantitative estimate of drug-likeness (QED) is 0.865. The van der Waals surface area contributed by atoms with Gasteiger partial charge in [0.15, 0.2) is 0 Å². The molecular weight excluding hydrogens is 279 g/mol. The highest BCUT2D eigenvalue weighted by Gasteiger charge is 2.27. The van der Waals surface area contributed by atoms with E-state index in [9.17, 15) is 9.18 Å². The first-order valence-electron chi connectivity index (χ1n) is 8.13. The van der Waals surface area contributed by atoms with Gasteiger partial charge in [-0.05, 0) is 55.9 Å². The molecule has 0 saturated heterocycles. The van der Waals surface area contributed by atoms with Gasteiger partial charge in [-0.2, -0.15) is 0 Å². The zero-order chi connectivity index (χ0) is 15.7. The second-order valence-corrected chi connectivity index (χ2v) is 6.38. The fourth-order valence-corrected chi connectivity index (χ4v) is 3.05. The molecule has 0 aliphatic heterocycles. The number of carbonyl (C=O) groups excluding carboxylic acids is 1. The van der Waals surface area contributed by atoms with Crippen LogP contribution in [0.3, 0.4) is 0 Å². The van der Waals surface area contributed by atoms with Crippen molar-refractivity contribution in [1.82, 2.24) is 9.88 Å². The summed E-state index contributed by atoms with van der Waals surface area (Å²) in [6, 6.07) is 4.70. The first kappa shape index (κ1) is 15.1. The molecule has 1 heterocycles. The number of fused-ring (bicyclic) bond motifs is 1. The number of H-pyrrole nitrogens is 1. The van der Waals surface area contributed by atoms with Crippen LogP contribution >= 0.6 is 0 Å². The molecule has 0 bridgehead atoms. The summed E-state index contributed by atoms with van der Waals surface area (Å²) in [5.74, 6) is 0.586. The molecular formula is C18H23FN2O. The monoisotopic (exact) mass is 302 g/mol. The van der Waals surface area contributed by atoms with Crippen LogP contribution in [-0.2, 0) is 11.2 Å². The van der Waals surface area contributed by atoms with Gasteiger partial charge in [0.2, 0.25) is 5.91 Å². The number of aryl methyl sites for hydroxylation is 1. The Morgan fingerprint density at radius 2 is 2.18 bits per heavy atom. The number of hydrogen-bond donors (Lipinski definition) is 1. The van der Waals surface area contributed by atoms with Gasteiger partial charge in [0.1, 0.15) is 5.82 Å². The number of aromatic amines is 1. The lowest BCUT2D eigenvalue weighted by atomic mass is 10.1. The van der Waals surface area contributed by atoms with Crippen molar-refractivity contribution in [3.05, 3.63) is 35.3 Å². The summed E-state index contributed by atoms with van der Waals surface area (Å²) in [5.41, 5.74) is 2.78. The standard InChI is InChI=1S/C18H23FN2O/c1-3-8-21(11-13-4-5-13)18(22)10-15-12(2)20-17-7-6-14(19)9-16(15)17/h6-7,9,13,20H,3-5,8,10-11H2,1-2H3. The lowest BCUT2D eigenvalue weighted by Gasteiger charge is -2.22. The van der Waals surface area contributed by atoms with Gasteiger partial charge in [0.05, 0.1) is 6.42 Å². The molecule has 1 aliphatic carbocycles. The lowest BCUT2D eigenvalue weighted by Crippen LogP contribution is -2.34. The van der Waals surface area contributed by atoms with Gasteiger partial charge in [-0.25, -0.2) is 4.39 Å². The highest BCUT2D eigenvalue weighted by molar-refractivity contribution is 5.90. The summed E-state index contributed by atoms with van der Waals surface area (Å²) >= 11 is 0. The maximum Gasteiger partial charge on any atom is 0.227 e. The molecule has 4 heteroatoms. The summed E-state index contributed by atoms with van der Waals surface area (Å²) < 4.78 is 13.5. The maximum absolute atomic E-state index is 13.5. The Balaban J connectivity index is 1.82. The normalized spacial score (nSPS) is 14.5. The topological polar surface area (TPSA) is 36.1 Å². The molecule has 22 heavy (non-hydrogen) atoms. The van der Waals surface area contributed by atoms with E-state index >= 15 is 0 Å². The third-order valence-electron chi connectivity index (χ3n) is 4.43. The Kier molecular flexibility index (Phi) is 4.19. The molecule has 1 N–H and O–H groups in total. The Morgan fingerprint density at radius 1 is 1.41 bits per heavy atom. The highest BCUT2D eigenvalue weighted by atomic mass is 19.1. The fourth-order valence-electron chi connectivity index (χ4n) is 3.05. The van der Waals surface area contributed by atoms with Crippen LogP contribution in [0.5, 0.6) is 0 Å². The molecule has 3 rings (SSSR count). The molecule has 1 aliphatic rings. The molecule has 0 unspecified atom stereocenters. The van der Waals surface area contributed by atoms with Crippen LogP contribution in [0.1, 0.15) is 37.4 Å². The third-order valence-corrected chi connectivity index (χ3v) is 4.43. The molecule has 1 fully saturated rings. The highest BCUT2D eigenvalue weighted by Crippen LogP contribution is 2.30. The minimum absolute atomic E-state index is 0.155. The number of aromatic nitrogens is 1. The van der Waals surface area contributed by atoms with Crippen LogP contribution in [0, 0.1) is 18.7 Å². The van der Waals surface area contributed by atoms with Gasteiger partial charge in [-0.1, -0.05) is 6.92 Å². The van der Waals surface area contributed by atoms with Crippen molar-refractivity contribution in [3.8, 4) is 0 Å². The number of rotatable bonds is 6. The molecule has 1 aromatic heterocycles. The molecule has 1 saturated carbocycles. The Labute approximate surface area is 130 Å². The smallest absolute Gasteiger partial charge is 0.227 e. The van der Waals surface area contributed by atoms with Crippen molar-refractivity contribution >= 4 is 16.8 Å². The second-order valence-electron chi connectivity index (χ2n) is 6.38.